The van der Waals surface area contributed by atoms with Crippen LogP contribution in [0.2, 0.25) is 5.02 Å². The maximum atomic E-state index is 14.8. The molecule has 4 aromatic carbocycles. The molecular formula is C37H33ClFN7O5. The highest BCUT2D eigenvalue weighted by molar-refractivity contribution is 6.30. The summed E-state index contributed by atoms with van der Waals surface area (Å²) in [4.78, 5) is 55.6. The number of anilines is 1. The summed E-state index contributed by atoms with van der Waals surface area (Å²) in [6.07, 6.45) is 1.67. The van der Waals surface area contributed by atoms with E-state index in [1.165, 1.54) is 47.5 Å². The lowest BCUT2D eigenvalue weighted by atomic mass is 9.85. The first-order valence-electron chi connectivity index (χ1n) is 16.0. The number of halogens is 2. The minimum absolute atomic E-state index is 0.00107. The molecule has 0 spiro atoms. The number of benzene rings is 4. The molecule has 14 heteroatoms. The van der Waals surface area contributed by atoms with Gasteiger partial charge in [0.1, 0.15) is 11.7 Å². The lowest BCUT2D eigenvalue weighted by molar-refractivity contribution is -0.121. The molecule has 2 heterocycles. The number of hydrogen-bond acceptors (Lipinski definition) is 7. The van der Waals surface area contributed by atoms with Crippen LogP contribution < -0.4 is 10.6 Å². The molecule has 1 atom stereocenters. The minimum atomic E-state index is -1.13. The maximum Gasteiger partial charge on any atom is 0.335 e. The van der Waals surface area contributed by atoms with Crippen LogP contribution >= 0.6 is 11.6 Å². The molecule has 260 valence electrons. The number of hydrogen-bond donors (Lipinski definition) is 3. The van der Waals surface area contributed by atoms with Gasteiger partial charge in [0.15, 0.2) is 11.5 Å². The van der Waals surface area contributed by atoms with Crippen LogP contribution in [0, 0.1) is 5.82 Å². The molecule has 0 fully saturated rings. The number of carbonyl (C=O) groups is 4. The van der Waals surface area contributed by atoms with Gasteiger partial charge in [-0.25, -0.2) is 13.9 Å². The van der Waals surface area contributed by atoms with Crippen molar-refractivity contribution in [2.24, 2.45) is 0 Å². The van der Waals surface area contributed by atoms with Gasteiger partial charge in [0.25, 0.3) is 17.7 Å². The highest BCUT2D eigenvalue weighted by atomic mass is 35.5. The van der Waals surface area contributed by atoms with Gasteiger partial charge in [-0.3, -0.25) is 14.4 Å². The van der Waals surface area contributed by atoms with E-state index in [1.807, 2.05) is 37.2 Å². The Balaban J connectivity index is 1.33. The van der Waals surface area contributed by atoms with Crippen molar-refractivity contribution in [3.05, 3.63) is 130 Å². The van der Waals surface area contributed by atoms with E-state index in [2.05, 4.69) is 20.9 Å². The Morgan fingerprint density at radius 3 is 2.37 bits per heavy atom. The molecule has 0 radical (unpaired) electrons. The Labute approximate surface area is 297 Å². The van der Waals surface area contributed by atoms with Gasteiger partial charge in [-0.1, -0.05) is 53.2 Å². The van der Waals surface area contributed by atoms with Crippen LogP contribution in [0.5, 0.6) is 0 Å². The molecule has 1 aromatic heterocycles. The lowest BCUT2D eigenvalue weighted by Gasteiger charge is -2.37. The van der Waals surface area contributed by atoms with Gasteiger partial charge in [0.05, 0.1) is 16.8 Å². The van der Waals surface area contributed by atoms with E-state index < -0.39 is 29.6 Å². The first-order chi connectivity index (χ1) is 24.5. The second-order valence-corrected chi connectivity index (χ2v) is 12.6. The molecule has 1 aliphatic heterocycles. The van der Waals surface area contributed by atoms with E-state index in [1.54, 1.807) is 30.3 Å². The van der Waals surface area contributed by atoms with Crippen LogP contribution in [0.25, 0.3) is 16.8 Å². The Bertz CT molecular complexity index is 2120. The number of carboxylic acid groups (broad SMARTS) is 1. The predicted molar refractivity (Wildman–Crippen MR) is 189 cm³/mol. The van der Waals surface area contributed by atoms with Crippen molar-refractivity contribution in [3.8, 4) is 16.8 Å². The summed E-state index contributed by atoms with van der Waals surface area (Å²) in [5, 5.41) is 22.9. The summed E-state index contributed by atoms with van der Waals surface area (Å²) in [5.74, 6) is -3.17. The van der Waals surface area contributed by atoms with Gasteiger partial charge >= 0.3 is 5.97 Å². The third kappa shape index (κ3) is 7.49. The van der Waals surface area contributed by atoms with Gasteiger partial charge in [-0.05, 0) is 91.3 Å². The fourth-order valence-corrected chi connectivity index (χ4v) is 6.11. The number of rotatable bonds is 10. The molecule has 0 saturated carbocycles. The van der Waals surface area contributed by atoms with Crippen molar-refractivity contribution in [1.82, 2.24) is 30.1 Å². The highest BCUT2D eigenvalue weighted by Crippen LogP contribution is 2.37. The van der Waals surface area contributed by atoms with Crippen LogP contribution in [0.4, 0.5) is 10.1 Å². The monoisotopic (exact) mass is 709 g/mol. The summed E-state index contributed by atoms with van der Waals surface area (Å²) in [5.41, 5.74) is 3.86. The molecule has 51 heavy (non-hydrogen) atoms. The van der Waals surface area contributed by atoms with E-state index in [0.717, 1.165) is 21.4 Å². The normalized spacial score (nSPS) is 13.8. The lowest BCUT2D eigenvalue weighted by Crippen LogP contribution is -2.45. The zero-order chi connectivity index (χ0) is 36.2. The zero-order valence-electron chi connectivity index (χ0n) is 27.6. The van der Waals surface area contributed by atoms with Gasteiger partial charge < -0.3 is 25.5 Å². The Kier molecular flexibility index (Phi) is 10.2. The number of fused-ring (bicyclic) bond motifs is 1. The number of aromatic nitrogens is 3. The minimum Gasteiger partial charge on any atom is -0.478 e. The quantitative estimate of drug-likeness (QED) is 0.182. The van der Waals surface area contributed by atoms with Crippen molar-refractivity contribution < 1.29 is 28.7 Å². The van der Waals surface area contributed by atoms with E-state index in [4.69, 9.17) is 11.6 Å². The molecule has 5 aromatic rings. The number of carbonyl (C=O) groups excluding carboxylic acids is 3. The predicted octanol–water partition coefficient (Wildman–Crippen LogP) is 5.09. The van der Waals surface area contributed by atoms with Gasteiger partial charge in [-0.2, -0.15) is 0 Å². The summed E-state index contributed by atoms with van der Waals surface area (Å²) < 4.78 is 15.9. The molecule has 12 nitrogen and oxygen atoms in total. The fourth-order valence-electron chi connectivity index (χ4n) is 5.94. The molecule has 0 saturated heterocycles. The average Bonchev–Trinajstić information content (AvgIpc) is 3.62. The number of nitrogens with one attached hydrogen (secondary N) is 2. The third-order valence-corrected chi connectivity index (χ3v) is 8.81. The molecule has 0 bridgehead atoms. The summed E-state index contributed by atoms with van der Waals surface area (Å²) in [6.45, 7) is 1.35. The van der Waals surface area contributed by atoms with Crippen LogP contribution in [-0.4, -0.2) is 87.3 Å². The van der Waals surface area contributed by atoms with Crippen molar-refractivity contribution in [2.75, 3.05) is 39.0 Å². The number of aromatic carboxylic acids is 1. The van der Waals surface area contributed by atoms with Crippen LogP contribution in [0.3, 0.4) is 0 Å². The molecule has 0 aliphatic carbocycles. The highest BCUT2D eigenvalue weighted by Gasteiger charge is 2.38. The molecule has 6 rings (SSSR count). The van der Waals surface area contributed by atoms with Crippen molar-refractivity contribution in [3.63, 3.8) is 0 Å². The second kappa shape index (κ2) is 14.9. The topological polar surface area (TPSA) is 150 Å². The standard InChI is InChI=1S/C37H33ClFN7O5/c1-44(2)20-18-40-34(47)23-11-9-22(10-12-23)26-5-3-6-28-27(26)17-19-45(33(28)35(48)41-25-15-13-24(14-16-25)37(50)51)36(49)30-21-46(43-42-30)31-8-4-7-29(38)32(31)39/h3-16,21,33H,17-20H2,1-2H3,(H,40,47)(H,41,48)(H,50,51). The smallest absolute Gasteiger partial charge is 0.335 e. The largest absolute Gasteiger partial charge is 0.478 e. The Hall–Kier alpha value is -5.92. The van der Waals surface area contributed by atoms with E-state index in [0.29, 0.717) is 36.3 Å². The number of amides is 3. The Morgan fingerprint density at radius 2 is 1.67 bits per heavy atom. The van der Waals surface area contributed by atoms with Crippen LogP contribution in [0.15, 0.2) is 91.1 Å². The number of nitrogens with zero attached hydrogens (tertiary/aromatic N) is 5. The number of carboxylic acids is 1. The van der Waals surface area contributed by atoms with Crippen molar-refractivity contribution in [1.29, 1.82) is 0 Å². The zero-order valence-corrected chi connectivity index (χ0v) is 28.4. The van der Waals surface area contributed by atoms with Gasteiger partial charge in [0, 0.05) is 30.9 Å². The maximum absolute atomic E-state index is 14.8. The SMILES string of the molecule is CN(C)CCNC(=O)c1ccc(-c2cccc3c2CCN(C(=O)c2cn(-c4cccc(Cl)c4F)nn2)C3C(=O)Nc2ccc(C(=O)O)cc2)cc1. The third-order valence-electron chi connectivity index (χ3n) is 8.52. The summed E-state index contributed by atoms with van der Waals surface area (Å²) in [6, 6.07) is 21.6. The second-order valence-electron chi connectivity index (χ2n) is 12.2. The van der Waals surface area contributed by atoms with E-state index in [9.17, 15) is 28.7 Å². The molecule has 1 unspecified atom stereocenters. The molecular weight excluding hydrogens is 677 g/mol. The van der Waals surface area contributed by atoms with Crippen molar-refractivity contribution >= 4 is 41.0 Å². The van der Waals surface area contributed by atoms with Gasteiger partial charge in [-0.15, -0.1) is 5.10 Å². The number of likely N-dealkylation sites (N-methyl/N-ethyl adjacent to an activating group) is 1. The van der Waals surface area contributed by atoms with Crippen LogP contribution in [-0.2, 0) is 11.2 Å². The summed E-state index contributed by atoms with van der Waals surface area (Å²) >= 11 is 5.95. The first-order valence-corrected chi connectivity index (χ1v) is 16.4. The van der Waals surface area contributed by atoms with Gasteiger partial charge in [0.2, 0.25) is 0 Å². The van der Waals surface area contributed by atoms with E-state index in [-0.39, 0.29) is 34.4 Å². The van der Waals surface area contributed by atoms with Crippen molar-refractivity contribution in [2.45, 2.75) is 12.5 Å². The van der Waals surface area contributed by atoms with Crippen LogP contribution in [0.1, 0.15) is 48.4 Å². The van der Waals surface area contributed by atoms with E-state index >= 15 is 0 Å². The Morgan fingerprint density at radius 1 is 0.961 bits per heavy atom. The first kappa shape index (κ1) is 34.9. The molecule has 1 aliphatic rings. The summed E-state index contributed by atoms with van der Waals surface area (Å²) in [7, 11) is 3.86. The fraction of sp³-hybridized carbons (Fsp3) is 0.189. The molecule has 3 amide bonds. The molecule has 3 N–H and O–H groups in total. The average molecular weight is 710 g/mol.